The first-order valence-corrected chi connectivity index (χ1v) is 15.3. The Labute approximate surface area is 251 Å². The van der Waals surface area contributed by atoms with Gasteiger partial charge in [-0.25, -0.2) is 19.3 Å². The zero-order valence-electron chi connectivity index (χ0n) is 25.3. The maximum Gasteiger partial charge on any atom is 0.278 e. The van der Waals surface area contributed by atoms with E-state index < -0.39 is 6.10 Å². The van der Waals surface area contributed by atoms with Gasteiger partial charge < -0.3 is 20.2 Å². The van der Waals surface area contributed by atoms with Gasteiger partial charge in [0.2, 0.25) is 5.95 Å². The molecule has 1 atom stereocenters. The van der Waals surface area contributed by atoms with Crippen molar-refractivity contribution in [3.63, 3.8) is 0 Å². The number of benzene rings is 1. The Bertz CT molecular complexity index is 1760. The lowest BCUT2D eigenvalue weighted by molar-refractivity contribution is 0.0734. The number of anilines is 3. The predicted molar refractivity (Wildman–Crippen MR) is 169 cm³/mol. The van der Waals surface area contributed by atoms with Crippen LogP contribution in [0.25, 0.3) is 16.9 Å². The van der Waals surface area contributed by atoms with Gasteiger partial charge in [0.1, 0.15) is 11.5 Å². The Morgan fingerprint density at radius 3 is 2.63 bits per heavy atom. The van der Waals surface area contributed by atoms with E-state index in [-0.39, 0.29) is 17.5 Å². The second kappa shape index (κ2) is 10.6. The molecule has 1 spiro atoms. The van der Waals surface area contributed by atoms with Crippen molar-refractivity contribution >= 4 is 28.4 Å². The number of nitrogens with zero attached hydrogens (tertiary/aromatic N) is 7. The maximum atomic E-state index is 13.4. The number of aliphatic hydroxyl groups is 1. The van der Waals surface area contributed by atoms with Crippen LogP contribution in [0, 0.1) is 12.3 Å². The molecule has 1 saturated carbocycles. The molecule has 0 amide bonds. The summed E-state index contributed by atoms with van der Waals surface area (Å²) < 4.78 is 3.31. The Hall–Kier alpha value is -4.02. The van der Waals surface area contributed by atoms with Gasteiger partial charge in [0, 0.05) is 42.1 Å². The molecule has 2 fully saturated rings. The second-order valence-electron chi connectivity index (χ2n) is 12.7. The summed E-state index contributed by atoms with van der Waals surface area (Å²) in [4.78, 5) is 32.5. The first kappa shape index (κ1) is 27.8. The topological polar surface area (TPSA) is 104 Å². The van der Waals surface area contributed by atoms with E-state index in [4.69, 9.17) is 9.97 Å². The number of hydrogen-bond donors (Lipinski definition) is 2. The average molecular weight is 581 g/mol. The van der Waals surface area contributed by atoms with Gasteiger partial charge in [0.05, 0.1) is 12.2 Å². The first-order chi connectivity index (χ1) is 20.8. The summed E-state index contributed by atoms with van der Waals surface area (Å²) in [7, 11) is 4.33. The number of aliphatic hydroxyl groups excluding tert-OH is 1. The molecule has 4 heterocycles. The van der Waals surface area contributed by atoms with Crippen molar-refractivity contribution in [3.05, 3.63) is 76.4 Å². The zero-order chi connectivity index (χ0) is 29.9. The standard InChI is InChI=1S/C33H40N8O2/c1-5-16-40-31(43)25-20-34-32(35-23-7-8-26(21(2)19-23)39-17-11-24(12-18-39)38(3)4)37-30(25)41(40)27-9-6-22-10-13-33(14-15-33)29(42)28(22)36-27/h5-9,19-20,24,29,42H,1,10-18H2,2-4H3,(H,34,35,37)/t29-/m1/s1. The highest BCUT2D eigenvalue weighted by Gasteiger charge is 2.52. The summed E-state index contributed by atoms with van der Waals surface area (Å²) in [5, 5.41) is 14.9. The van der Waals surface area contributed by atoms with E-state index in [1.807, 2.05) is 12.1 Å². The molecule has 10 heteroatoms. The summed E-state index contributed by atoms with van der Waals surface area (Å²) in [5.74, 6) is 0.943. The molecule has 0 radical (unpaired) electrons. The molecule has 1 saturated heterocycles. The van der Waals surface area contributed by atoms with Crippen LogP contribution in [0.1, 0.15) is 55.0 Å². The highest BCUT2D eigenvalue weighted by molar-refractivity contribution is 5.77. The van der Waals surface area contributed by atoms with Crippen LogP contribution in [0.5, 0.6) is 0 Å². The summed E-state index contributed by atoms with van der Waals surface area (Å²) in [5.41, 5.74) is 5.33. The van der Waals surface area contributed by atoms with Gasteiger partial charge >= 0.3 is 0 Å². The molecule has 0 bridgehead atoms. The fourth-order valence-electron chi connectivity index (χ4n) is 7.00. The number of aryl methyl sites for hydroxylation is 2. The van der Waals surface area contributed by atoms with E-state index >= 15 is 0 Å². The molecule has 224 valence electrons. The van der Waals surface area contributed by atoms with E-state index in [1.165, 1.54) is 11.3 Å². The highest BCUT2D eigenvalue weighted by Crippen LogP contribution is 2.60. The minimum atomic E-state index is -0.588. The normalized spacial score (nSPS) is 19.7. The highest BCUT2D eigenvalue weighted by atomic mass is 16.3. The van der Waals surface area contributed by atoms with Gasteiger partial charge in [-0.1, -0.05) is 12.1 Å². The lowest BCUT2D eigenvalue weighted by atomic mass is 9.82. The maximum absolute atomic E-state index is 13.4. The van der Waals surface area contributed by atoms with E-state index in [9.17, 15) is 9.90 Å². The summed E-state index contributed by atoms with van der Waals surface area (Å²) in [6.45, 7) is 8.37. The molecule has 1 aromatic carbocycles. The van der Waals surface area contributed by atoms with Gasteiger partial charge in [-0.3, -0.25) is 4.79 Å². The fraction of sp³-hybridized carbons (Fsp3) is 0.455. The number of fused-ring (bicyclic) bond motifs is 2. The van der Waals surface area contributed by atoms with E-state index in [0.717, 1.165) is 68.6 Å². The van der Waals surface area contributed by atoms with Crippen LogP contribution < -0.4 is 15.8 Å². The molecule has 3 aliphatic rings. The molecular formula is C33H40N8O2. The quantitative estimate of drug-likeness (QED) is 0.308. The molecule has 2 N–H and O–H groups in total. The molecule has 43 heavy (non-hydrogen) atoms. The molecule has 7 rings (SSSR count). The lowest BCUT2D eigenvalue weighted by Crippen LogP contribution is -2.42. The largest absolute Gasteiger partial charge is 0.386 e. The van der Waals surface area contributed by atoms with E-state index in [0.29, 0.717) is 28.8 Å². The number of nitrogens with one attached hydrogen (secondary N) is 1. The van der Waals surface area contributed by atoms with E-state index in [2.05, 4.69) is 65.9 Å². The van der Waals surface area contributed by atoms with Crippen molar-refractivity contribution in [2.45, 2.75) is 64.1 Å². The lowest BCUT2D eigenvalue weighted by Gasteiger charge is -2.37. The molecule has 0 unspecified atom stereocenters. The molecule has 4 aromatic rings. The third kappa shape index (κ3) is 4.82. The Morgan fingerprint density at radius 1 is 1.14 bits per heavy atom. The van der Waals surface area contributed by atoms with E-state index in [1.54, 1.807) is 21.6 Å². The van der Waals surface area contributed by atoms with Crippen molar-refractivity contribution in [2.24, 2.45) is 5.41 Å². The van der Waals surface area contributed by atoms with Crippen molar-refractivity contribution in [1.82, 2.24) is 29.2 Å². The van der Waals surface area contributed by atoms with Gasteiger partial charge in [-0.05, 0) is 94.9 Å². The molecule has 3 aromatic heterocycles. The van der Waals surface area contributed by atoms with Crippen molar-refractivity contribution in [3.8, 4) is 5.82 Å². The van der Waals surface area contributed by atoms with Gasteiger partial charge in [-0.15, -0.1) is 6.58 Å². The van der Waals surface area contributed by atoms with Crippen LogP contribution in [0.4, 0.5) is 17.3 Å². The molecule has 10 nitrogen and oxygen atoms in total. The number of hydrogen-bond acceptors (Lipinski definition) is 8. The van der Waals surface area contributed by atoms with Gasteiger partial charge in [-0.2, -0.15) is 4.98 Å². The first-order valence-electron chi connectivity index (χ1n) is 15.3. The number of rotatable bonds is 7. The van der Waals surface area contributed by atoms with Crippen molar-refractivity contribution in [2.75, 3.05) is 37.4 Å². The van der Waals surface area contributed by atoms with Crippen LogP contribution in [-0.2, 0) is 13.0 Å². The number of allylic oxidation sites excluding steroid dienone is 1. The monoisotopic (exact) mass is 580 g/mol. The Kier molecular flexibility index (Phi) is 6.85. The van der Waals surface area contributed by atoms with Gasteiger partial charge in [0.15, 0.2) is 11.5 Å². The average Bonchev–Trinajstić information content (AvgIpc) is 3.74. The van der Waals surface area contributed by atoms with Crippen LogP contribution in [0.3, 0.4) is 0 Å². The Balaban J connectivity index is 1.21. The predicted octanol–water partition coefficient (Wildman–Crippen LogP) is 4.51. The number of pyridine rings is 1. The second-order valence-corrected chi connectivity index (χ2v) is 12.7. The van der Waals surface area contributed by atoms with Crippen LogP contribution in [-0.4, -0.2) is 67.5 Å². The SMILES string of the molecule is C=CCn1c(=O)c2cnc(Nc3ccc(N4CCC(N(C)C)CC4)c(C)c3)nc2n1-c1ccc2c(n1)[C@@H](O)C1(CC2)CC1. The number of aromatic nitrogens is 5. The zero-order valence-corrected chi connectivity index (χ0v) is 25.3. The van der Waals surface area contributed by atoms with Crippen molar-refractivity contribution in [1.29, 1.82) is 0 Å². The van der Waals surface area contributed by atoms with Crippen LogP contribution >= 0.6 is 0 Å². The smallest absolute Gasteiger partial charge is 0.278 e. The Morgan fingerprint density at radius 2 is 1.93 bits per heavy atom. The minimum Gasteiger partial charge on any atom is -0.386 e. The van der Waals surface area contributed by atoms with Crippen molar-refractivity contribution < 1.29 is 5.11 Å². The molecule has 1 aliphatic heterocycles. The third-order valence-corrected chi connectivity index (χ3v) is 9.80. The summed E-state index contributed by atoms with van der Waals surface area (Å²) in [6.07, 6.45) is 8.96. The summed E-state index contributed by atoms with van der Waals surface area (Å²) in [6, 6.07) is 10.9. The summed E-state index contributed by atoms with van der Waals surface area (Å²) >= 11 is 0. The molecule has 2 aliphatic carbocycles. The van der Waals surface area contributed by atoms with Crippen LogP contribution in [0.2, 0.25) is 0 Å². The minimum absolute atomic E-state index is 0.0340. The number of piperidine rings is 1. The van der Waals surface area contributed by atoms with Gasteiger partial charge in [0.25, 0.3) is 5.56 Å². The third-order valence-electron chi connectivity index (χ3n) is 9.80. The fourth-order valence-corrected chi connectivity index (χ4v) is 7.00. The van der Waals surface area contributed by atoms with Crippen LogP contribution in [0.15, 0.2) is 54.0 Å². The molecular weight excluding hydrogens is 540 g/mol.